The lowest BCUT2D eigenvalue weighted by atomic mass is 9.94. The largest absolute Gasteiger partial charge is 0.481 e. The normalized spacial score (nSPS) is 22.3. The minimum Gasteiger partial charge on any atom is -0.481 e. The summed E-state index contributed by atoms with van der Waals surface area (Å²) < 4.78 is 0. The number of hydrogen-bond acceptors (Lipinski definition) is 4. The van der Waals surface area contributed by atoms with Crippen LogP contribution >= 0.6 is 0 Å². The average molecular weight is 292 g/mol. The zero-order valence-electron chi connectivity index (χ0n) is 12.0. The zero-order chi connectivity index (χ0) is 15.4. The lowest BCUT2D eigenvalue weighted by molar-refractivity contribution is -0.384. The van der Waals surface area contributed by atoms with Gasteiger partial charge in [-0.1, -0.05) is 25.3 Å². The zero-order valence-corrected chi connectivity index (χ0v) is 12.0. The molecule has 2 rings (SSSR count). The maximum atomic E-state index is 11.4. The number of carbonyl (C=O) groups is 1. The van der Waals surface area contributed by atoms with Crippen molar-refractivity contribution in [3.05, 3.63) is 33.9 Å². The molecule has 2 atom stereocenters. The Bertz CT molecular complexity index is 544. The molecule has 1 aliphatic carbocycles. The van der Waals surface area contributed by atoms with Crippen molar-refractivity contribution in [1.29, 1.82) is 0 Å². The number of rotatable bonds is 4. The lowest BCUT2D eigenvalue weighted by Crippen LogP contribution is -2.33. The predicted molar refractivity (Wildman–Crippen MR) is 79.5 cm³/mol. The van der Waals surface area contributed by atoms with Gasteiger partial charge in [-0.05, 0) is 31.4 Å². The van der Waals surface area contributed by atoms with Gasteiger partial charge in [-0.3, -0.25) is 14.9 Å². The topological polar surface area (TPSA) is 92.5 Å². The minimum atomic E-state index is -0.829. The summed E-state index contributed by atoms with van der Waals surface area (Å²) in [4.78, 5) is 22.1. The maximum Gasteiger partial charge on any atom is 0.308 e. The highest BCUT2D eigenvalue weighted by Crippen LogP contribution is 2.31. The van der Waals surface area contributed by atoms with Crippen LogP contribution in [0.3, 0.4) is 0 Å². The summed E-state index contributed by atoms with van der Waals surface area (Å²) in [6, 6.07) is 4.60. The Hall–Kier alpha value is -2.11. The molecule has 0 aliphatic heterocycles. The molecule has 0 aromatic heterocycles. The molecule has 0 saturated heterocycles. The van der Waals surface area contributed by atoms with Crippen LogP contribution in [0.1, 0.15) is 37.7 Å². The second-order valence-electron chi connectivity index (χ2n) is 5.61. The van der Waals surface area contributed by atoms with E-state index >= 15 is 0 Å². The Morgan fingerprint density at radius 3 is 2.71 bits per heavy atom. The molecule has 1 aromatic carbocycles. The number of anilines is 1. The standard InChI is InChI=1S/C15H20N2O4/c1-10-7-8-14(17(20)21)13(9-10)16-12-6-4-2-3-5-11(12)15(18)19/h7-9,11-12,16H,2-6H2,1H3,(H,18,19). The van der Waals surface area contributed by atoms with Gasteiger partial charge in [0.1, 0.15) is 5.69 Å². The van der Waals surface area contributed by atoms with E-state index in [1.807, 2.05) is 6.92 Å². The van der Waals surface area contributed by atoms with Crippen molar-refractivity contribution >= 4 is 17.3 Å². The summed E-state index contributed by atoms with van der Waals surface area (Å²) in [6.45, 7) is 1.86. The van der Waals surface area contributed by atoms with Gasteiger partial charge in [0.2, 0.25) is 0 Å². The van der Waals surface area contributed by atoms with Crippen molar-refractivity contribution < 1.29 is 14.8 Å². The second-order valence-corrected chi connectivity index (χ2v) is 5.61. The Kier molecular flexibility index (Phi) is 4.77. The van der Waals surface area contributed by atoms with Gasteiger partial charge in [-0.2, -0.15) is 0 Å². The fourth-order valence-corrected chi connectivity index (χ4v) is 2.90. The van der Waals surface area contributed by atoms with Crippen LogP contribution < -0.4 is 5.32 Å². The lowest BCUT2D eigenvalue weighted by Gasteiger charge is -2.24. The summed E-state index contributed by atoms with van der Waals surface area (Å²) in [5, 5.41) is 23.6. The van der Waals surface area contributed by atoms with E-state index in [0.717, 1.165) is 31.2 Å². The quantitative estimate of drug-likeness (QED) is 0.504. The number of nitrogens with zero attached hydrogens (tertiary/aromatic N) is 1. The third-order valence-corrected chi connectivity index (χ3v) is 4.02. The molecule has 2 N–H and O–H groups in total. The van der Waals surface area contributed by atoms with Gasteiger partial charge >= 0.3 is 5.97 Å². The first kappa shape index (κ1) is 15.3. The molecule has 2 unspecified atom stereocenters. The molecule has 0 heterocycles. The first-order valence-corrected chi connectivity index (χ1v) is 7.23. The Morgan fingerprint density at radius 2 is 2.05 bits per heavy atom. The van der Waals surface area contributed by atoms with Gasteiger partial charge in [0.15, 0.2) is 0 Å². The number of nitro benzene ring substituents is 1. The molecule has 6 heteroatoms. The van der Waals surface area contributed by atoms with Crippen molar-refractivity contribution in [2.24, 2.45) is 5.92 Å². The van der Waals surface area contributed by atoms with E-state index in [9.17, 15) is 20.0 Å². The molecule has 1 fully saturated rings. The number of nitro groups is 1. The molecule has 1 aromatic rings. The van der Waals surface area contributed by atoms with Gasteiger partial charge in [0, 0.05) is 12.1 Å². The fourth-order valence-electron chi connectivity index (χ4n) is 2.90. The highest BCUT2D eigenvalue weighted by atomic mass is 16.6. The number of aliphatic carboxylic acids is 1. The van der Waals surface area contributed by atoms with Gasteiger partial charge in [0.25, 0.3) is 5.69 Å². The molecule has 0 bridgehead atoms. The number of benzene rings is 1. The smallest absolute Gasteiger partial charge is 0.308 e. The van der Waals surface area contributed by atoms with Gasteiger partial charge < -0.3 is 10.4 Å². The number of carboxylic acids is 1. The molecule has 0 amide bonds. The van der Waals surface area contributed by atoms with E-state index in [1.54, 1.807) is 12.1 Å². The highest BCUT2D eigenvalue weighted by Gasteiger charge is 2.30. The number of aryl methyl sites for hydroxylation is 1. The van der Waals surface area contributed by atoms with Crippen molar-refractivity contribution in [3.8, 4) is 0 Å². The molecule has 0 radical (unpaired) electrons. The summed E-state index contributed by atoms with van der Waals surface area (Å²) in [6.07, 6.45) is 4.19. The van der Waals surface area contributed by atoms with Crippen LogP contribution in [0.4, 0.5) is 11.4 Å². The van der Waals surface area contributed by atoms with Crippen LogP contribution in [-0.2, 0) is 4.79 Å². The van der Waals surface area contributed by atoms with Crippen LogP contribution in [-0.4, -0.2) is 22.0 Å². The number of nitrogens with one attached hydrogen (secondary N) is 1. The van der Waals surface area contributed by atoms with Gasteiger partial charge in [-0.25, -0.2) is 0 Å². The average Bonchev–Trinajstić information content (AvgIpc) is 2.64. The van der Waals surface area contributed by atoms with Crippen LogP contribution in [0.2, 0.25) is 0 Å². The van der Waals surface area contributed by atoms with Gasteiger partial charge in [-0.15, -0.1) is 0 Å². The second kappa shape index (κ2) is 6.56. The van der Waals surface area contributed by atoms with Gasteiger partial charge in [0.05, 0.1) is 10.8 Å². The molecule has 1 aliphatic rings. The van der Waals surface area contributed by atoms with Crippen molar-refractivity contribution in [1.82, 2.24) is 0 Å². The SMILES string of the molecule is Cc1ccc([N+](=O)[O-])c(NC2CCCCCC2C(=O)O)c1. The van der Waals surface area contributed by atoms with E-state index in [1.165, 1.54) is 6.07 Å². The third kappa shape index (κ3) is 3.71. The molecule has 0 spiro atoms. The molecular weight excluding hydrogens is 272 g/mol. The van der Waals surface area contributed by atoms with E-state index < -0.39 is 16.8 Å². The molecule has 21 heavy (non-hydrogen) atoms. The Labute approximate surface area is 123 Å². The first-order chi connectivity index (χ1) is 9.99. The maximum absolute atomic E-state index is 11.4. The minimum absolute atomic E-state index is 0.00557. The predicted octanol–water partition coefficient (Wildman–Crippen LogP) is 3.35. The molecule has 1 saturated carbocycles. The Balaban J connectivity index is 2.27. The number of carboxylic acid groups (broad SMARTS) is 1. The van der Waals surface area contributed by atoms with Crippen molar-refractivity contribution in [2.75, 3.05) is 5.32 Å². The molecule has 114 valence electrons. The van der Waals surface area contributed by atoms with E-state index in [-0.39, 0.29) is 11.7 Å². The van der Waals surface area contributed by atoms with E-state index in [2.05, 4.69) is 5.32 Å². The van der Waals surface area contributed by atoms with Crippen molar-refractivity contribution in [3.63, 3.8) is 0 Å². The number of hydrogen-bond donors (Lipinski definition) is 2. The third-order valence-electron chi connectivity index (χ3n) is 4.02. The highest BCUT2D eigenvalue weighted by molar-refractivity contribution is 5.72. The summed E-state index contributed by atoms with van der Waals surface area (Å²) in [5.74, 6) is -1.32. The van der Waals surface area contributed by atoms with Crippen LogP contribution in [0, 0.1) is 23.0 Å². The first-order valence-electron chi connectivity index (χ1n) is 7.23. The van der Waals surface area contributed by atoms with Crippen LogP contribution in [0.25, 0.3) is 0 Å². The van der Waals surface area contributed by atoms with E-state index in [4.69, 9.17) is 0 Å². The van der Waals surface area contributed by atoms with E-state index in [0.29, 0.717) is 12.1 Å². The fraction of sp³-hybridized carbons (Fsp3) is 0.533. The molecule has 6 nitrogen and oxygen atoms in total. The summed E-state index contributed by atoms with van der Waals surface area (Å²) in [5.41, 5.74) is 1.32. The van der Waals surface area contributed by atoms with Crippen molar-refractivity contribution in [2.45, 2.75) is 45.1 Å². The van der Waals surface area contributed by atoms with Crippen LogP contribution in [0.15, 0.2) is 18.2 Å². The summed E-state index contributed by atoms with van der Waals surface area (Å²) >= 11 is 0. The Morgan fingerprint density at radius 1 is 1.33 bits per heavy atom. The van der Waals surface area contributed by atoms with Crippen LogP contribution in [0.5, 0.6) is 0 Å². The molecular formula is C15H20N2O4. The monoisotopic (exact) mass is 292 g/mol. The summed E-state index contributed by atoms with van der Waals surface area (Å²) in [7, 11) is 0.